The maximum absolute atomic E-state index is 12.6. The summed E-state index contributed by atoms with van der Waals surface area (Å²) in [7, 11) is 0. The highest BCUT2D eigenvalue weighted by atomic mass is 16.2. The number of fused-ring (bicyclic) bond motifs is 1. The lowest BCUT2D eigenvalue weighted by molar-refractivity contribution is -0.128. The van der Waals surface area contributed by atoms with E-state index < -0.39 is 12.1 Å². The van der Waals surface area contributed by atoms with Crippen molar-refractivity contribution < 1.29 is 14.4 Å². The van der Waals surface area contributed by atoms with Crippen molar-refractivity contribution >= 4 is 28.9 Å². The van der Waals surface area contributed by atoms with Crippen LogP contribution >= 0.6 is 0 Å². The van der Waals surface area contributed by atoms with Crippen LogP contribution in [0.4, 0.5) is 4.79 Å². The maximum Gasteiger partial charge on any atom is 0.325 e. The number of carbonyl (C=O) groups excluding carboxylic acids is 3. The Morgan fingerprint density at radius 1 is 1.09 bits per heavy atom. The largest absolute Gasteiger partial charge is 0.356 e. The van der Waals surface area contributed by atoms with Gasteiger partial charge >= 0.3 is 6.03 Å². The van der Waals surface area contributed by atoms with E-state index in [2.05, 4.69) is 35.1 Å². The number of para-hydroxylation sites is 2. The van der Waals surface area contributed by atoms with E-state index >= 15 is 0 Å². The van der Waals surface area contributed by atoms with Crippen molar-refractivity contribution in [1.82, 2.24) is 25.1 Å². The van der Waals surface area contributed by atoms with Gasteiger partial charge in [0.25, 0.3) is 5.91 Å². The van der Waals surface area contributed by atoms with Gasteiger partial charge < -0.3 is 15.2 Å². The molecule has 0 radical (unpaired) electrons. The predicted molar refractivity (Wildman–Crippen MR) is 125 cm³/mol. The van der Waals surface area contributed by atoms with Crippen molar-refractivity contribution in [3.8, 4) is 0 Å². The molecule has 3 aromatic rings. The second-order valence-corrected chi connectivity index (χ2v) is 8.53. The van der Waals surface area contributed by atoms with Crippen molar-refractivity contribution in [3.63, 3.8) is 0 Å². The van der Waals surface area contributed by atoms with E-state index in [0.717, 1.165) is 22.4 Å². The lowest BCUT2D eigenvalue weighted by atomic mass is 10.1. The van der Waals surface area contributed by atoms with Gasteiger partial charge in [0.05, 0.1) is 17.6 Å². The van der Waals surface area contributed by atoms with Crippen molar-refractivity contribution in [2.24, 2.45) is 0 Å². The molecular weight excluding hydrogens is 418 g/mol. The zero-order chi connectivity index (χ0) is 23.4. The molecule has 2 N–H and O–H groups in total. The van der Waals surface area contributed by atoms with E-state index in [4.69, 9.17) is 4.98 Å². The predicted octanol–water partition coefficient (Wildman–Crippen LogP) is 3.18. The number of nitrogens with zero attached hydrogens (tertiary/aromatic N) is 3. The van der Waals surface area contributed by atoms with Crippen LogP contribution in [0.2, 0.25) is 0 Å². The van der Waals surface area contributed by atoms with Gasteiger partial charge in [0.1, 0.15) is 11.9 Å². The highest BCUT2D eigenvalue weighted by molar-refractivity contribution is 6.04. The average molecular weight is 448 g/mol. The SMILES string of the molecule is CC(C)n1c(CCNC(=O)CC[C@@H]2NC(=O)N(Cc3ccccc3)C2=O)nc2ccccc21. The second-order valence-electron chi connectivity index (χ2n) is 8.53. The van der Waals surface area contributed by atoms with Crippen molar-refractivity contribution in [2.45, 2.75) is 51.7 Å². The van der Waals surface area contributed by atoms with E-state index in [0.29, 0.717) is 13.0 Å². The van der Waals surface area contributed by atoms with Gasteiger partial charge in [-0.3, -0.25) is 14.5 Å². The maximum atomic E-state index is 12.6. The first-order valence-corrected chi connectivity index (χ1v) is 11.3. The Balaban J connectivity index is 1.26. The van der Waals surface area contributed by atoms with Crippen LogP contribution in [-0.4, -0.2) is 44.9 Å². The first kappa shape index (κ1) is 22.5. The Morgan fingerprint density at radius 2 is 1.82 bits per heavy atom. The first-order chi connectivity index (χ1) is 15.9. The van der Waals surface area contributed by atoms with Gasteiger partial charge in [-0.05, 0) is 38.0 Å². The minimum absolute atomic E-state index is 0.147. The number of hydrogen-bond donors (Lipinski definition) is 2. The fourth-order valence-electron chi connectivity index (χ4n) is 4.21. The highest BCUT2D eigenvalue weighted by Gasteiger charge is 2.37. The minimum Gasteiger partial charge on any atom is -0.356 e. The summed E-state index contributed by atoms with van der Waals surface area (Å²) in [5.74, 6) is 0.495. The van der Waals surface area contributed by atoms with Gasteiger partial charge in [-0.1, -0.05) is 42.5 Å². The third-order valence-electron chi connectivity index (χ3n) is 5.81. The molecule has 0 saturated carbocycles. The van der Waals surface area contributed by atoms with Gasteiger partial charge in [-0.15, -0.1) is 0 Å². The normalized spacial score (nSPS) is 16.0. The smallest absolute Gasteiger partial charge is 0.325 e. The van der Waals surface area contributed by atoms with Crippen LogP contribution in [0.25, 0.3) is 11.0 Å². The minimum atomic E-state index is -0.669. The molecule has 1 aromatic heterocycles. The van der Waals surface area contributed by atoms with E-state index in [1.165, 1.54) is 4.90 Å². The number of urea groups is 1. The zero-order valence-corrected chi connectivity index (χ0v) is 19.0. The van der Waals surface area contributed by atoms with Gasteiger partial charge in [-0.25, -0.2) is 9.78 Å². The molecule has 0 unspecified atom stereocenters. The molecule has 2 aromatic carbocycles. The number of hydrogen-bond acceptors (Lipinski definition) is 4. The number of aromatic nitrogens is 2. The van der Waals surface area contributed by atoms with E-state index in [1.807, 2.05) is 48.5 Å². The summed E-state index contributed by atoms with van der Waals surface area (Å²) in [4.78, 5) is 43.1. The molecule has 172 valence electrons. The van der Waals surface area contributed by atoms with E-state index in [9.17, 15) is 14.4 Å². The monoisotopic (exact) mass is 447 g/mol. The summed E-state index contributed by atoms with van der Waals surface area (Å²) in [5, 5.41) is 5.60. The summed E-state index contributed by atoms with van der Waals surface area (Å²) < 4.78 is 2.19. The highest BCUT2D eigenvalue weighted by Crippen LogP contribution is 2.21. The standard InChI is InChI=1S/C25H29N5O3/c1-17(2)30-21-11-7-6-10-19(21)27-22(30)14-15-26-23(31)13-12-20-24(32)29(25(33)28-20)16-18-8-4-3-5-9-18/h3-11,17,20H,12-16H2,1-2H3,(H,26,31)(H,28,33)/t20-/m0/s1. The molecule has 33 heavy (non-hydrogen) atoms. The van der Waals surface area contributed by atoms with Crippen LogP contribution in [-0.2, 0) is 22.6 Å². The fourth-order valence-corrected chi connectivity index (χ4v) is 4.21. The molecule has 0 spiro atoms. The zero-order valence-electron chi connectivity index (χ0n) is 19.0. The van der Waals surface area contributed by atoms with Gasteiger partial charge in [0, 0.05) is 25.4 Å². The van der Waals surface area contributed by atoms with E-state index in [1.54, 1.807) is 0 Å². The number of amides is 4. The summed E-state index contributed by atoms with van der Waals surface area (Å²) in [6.45, 7) is 4.92. The summed E-state index contributed by atoms with van der Waals surface area (Å²) >= 11 is 0. The quantitative estimate of drug-likeness (QED) is 0.493. The molecule has 4 rings (SSSR count). The van der Waals surface area contributed by atoms with Crippen LogP contribution in [0.1, 0.15) is 44.1 Å². The Labute approximate surface area is 193 Å². The number of benzene rings is 2. The average Bonchev–Trinajstić information content (AvgIpc) is 3.30. The molecule has 4 amide bonds. The van der Waals surface area contributed by atoms with Crippen molar-refractivity contribution in [2.75, 3.05) is 6.54 Å². The molecule has 1 aliphatic rings. The van der Waals surface area contributed by atoms with E-state index in [-0.39, 0.29) is 37.2 Å². The number of carbonyl (C=O) groups is 3. The number of imidazole rings is 1. The molecule has 8 nitrogen and oxygen atoms in total. The van der Waals surface area contributed by atoms with Gasteiger partial charge in [0.15, 0.2) is 0 Å². The van der Waals surface area contributed by atoms with Crippen LogP contribution in [0.15, 0.2) is 54.6 Å². The molecule has 8 heteroatoms. The Bertz CT molecular complexity index is 1160. The molecule has 1 atom stereocenters. The molecule has 1 aliphatic heterocycles. The fraction of sp³-hybridized carbons (Fsp3) is 0.360. The molecule has 1 saturated heterocycles. The lowest BCUT2D eigenvalue weighted by Crippen LogP contribution is -2.33. The van der Waals surface area contributed by atoms with Crippen LogP contribution in [0, 0.1) is 0 Å². The topological polar surface area (TPSA) is 96.3 Å². The molecule has 1 fully saturated rings. The van der Waals surface area contributed by atoms with Gasteiger partial charge in [0.2, 0.25) is 5.91 Å². The van der Waals surface area contributed by atoms with Crippen molar-refractivity contribution in [3.05, 3.63) is 66.0 Å². The first-order valence-electron chi connectivity index (χ1n) is 11.3. The molecule has 0 bridgehead atoms. The van der Waals surface area contributed by atoms with Gasteiger partial charge in [-0.2, -0.15) is 0 Å². The molecular formula is C25H29N5O3. The molecule has 2 heterocycles. The molecule has 0 aliphatic carbocycles. The third-order valence-corrected chi connectivity index (χ3v) is 5.81. The number of imide groups is 1. The summed E-state index contributed by atoms with van der Waals surface area (Å²) in [6, 6.07) is 16.5. The Hall–Kier alpha value is -3.68. The third kappa shape index (κ3) is 5.05. The Kier molecular flexibility index (Phi) is 6.72. The van der Waals surface area contributed by atoms with Crippen molar-refractivity contribution in [1.29, 1.82) is 0 Å². The lowest BCUT2D eigenvalue weighted by Gasteiger charge is -2.14. The van der Waals surface area contributed by atoms with Crippen LogP contribution in [0.3, 0.4) is 0 Å². The second kappa shape index (κ2) is 9.85. The number of nitrogens with one attached hydrogen (secondary N) is 2. The Morgan fingerprint density at radius 3 is 2.58 bits per heavy atom. The summed E-state index contributed by atoms with van der Waals surface area (Å²) in [6.07, 6.45) is 1.05. The summed E-state index contributed by atoms with van der Waals surface area (Å²) in [5.41, 5.74) is 2.92. The number of rotatable bonds is 9. The van der Waals surface area contributed by atoms with Crippen LogP contribution in [0.5, 0.6) is 0 Å². The van der Waals surface area contributed by atoms with Crippen LogP contribution < -0.4 is 10.6 Å².